The summed E-state index contributed by atoms with van der Waals surface area (Å²) < 4.78 is 4.83. The molecule has 1 heterocycles. The molecule has 7 nitrogen and oxygen atoms in total. The van der Waals surface area contributed by atoms with Gasteiger partial charge in [0.1, 0.15) is 0 Å². The Labute approximate surface area is 122 Å². The standard InChI is InChI=1S/C14H17N3O4/c1-17-13(19)10-4-3-9(7-11(10)14(17)20)16-8-12(18)15-5-6-21-2/h3-4,7,16H,5-6,8H2,1-2H3,(H,15,18). The van der Waals surface area contributed by atoms with Crippen molar-refractivity contribution >= 4 is 23.4 Å². The first-order chi connectivity index (χ1) is 10.0. The predicted molar refractivity (Wildman–Crippen MR) is 76.2 cm³/mol. The molecule has 3 amide bonds. The maximum Gasteiger partial charge on any atom is 0.261 e. The quantitative estimate of drug-likeness (QED) is 0.573. The van der Waals surface area contributed by atoms with Crippen LogP contribution in [0.5, 0.6) is 0 Å². The predicted octanol–water partition coefficient (Wildman–Crippen LogP) is 0.0869. The number of methoxy groups -OCH3 is 1. The first-order valence-electron chi connectivity index (χ1n) is 6.50. The number of carbonyl (C=O) groups excluding carboxylic acids is 3. The number of amides is 3. The number of hydrogen-bond donors (Lipinski definition) is 2. The van der Waals surface area contributed by atoms with Crippen LogP contribution in [0.4, 0.5) is 5.69 Å². The Balaban J connectivity index is 1.96. The summed E-state index contributed by atoms with van der Waals surface area (Å²) in [6, 6.07) is 4.84. The second-order valence-electron chi connectivity index (χ2n) is 4.63. The molecule has 7 heteroatoms. The number of benzene rings is 1. The lowest BCUT2D eigenvalue weighted by molar-refractivity contribution is -0.119. The number of anilines is 1. The molecular formula is C14H17N3O4. The van der Waals surface area contributed by atoms with E-state index in [1.165, 1.54) is 7.05 Å². The number of nitrogens with zero attached hydrogens (tertiary/aromatic N) is 1. The highest BCUT2D eigenvalue weighted by atomic mass is 16.5. The normalized spacial score (nSPS) is 13.3. The summed E-state index contributed by atoms with van der Waals surface area (Å²) in [5, 5.41) is 5.59. The Hall–Kier alpha value is -2.41. The average Bonchev–Trinajstić information content (AvgIpc) is 2.70. The summed E-state index contributed by atoms with van der Waals surface area (Å²) in [6.45, 7) is 0.979. The van der Waals surface area contributed by atoms with Crippen molar-refractivity contribution in [1.82, 2.24) is 10.2 Å². The van der Waals surface area contributed by atoms with Crippen LogP contribution < -0.4 is 10.6 Å². The molecule has 0 saturated carbocycles. The molecule has 0 fully saturated rings. The summed E-state index contributed by atoms with van der Waals surface area (Å²) in [5.74, 6) is -0.811. The third kappa shape index (κ3) is 3.19. The highest BCUT2D eigenvalue weighted by Gasteiger charge is 2.32. The summed E-state index contributed by atoms with van der Waals surface area (Å²) in [7, 11) is 3.01. The third-order valence-corrected chi connectivity index (χ3v) is 3.17. The van der Waals surface area contributed by atoms with Crippen molar-refractivity contribution in [2.45, 2.75) is 0 Å². The van der Waals surface area contributed by atoms with E-state index in [4.69, 9.17) is 4.74 Å². The molecule has 112 valence electrons. The van der Waals surface area contributed by atoms with Crippen LogP contribution in [0.3, 0.4) is 0 Å². The Bertz CT molecular complexity index is 586. The molecule has 2 N–H and O–H groups in total. The molecule has 1 aliphatic rings. The largest absolute Gasteiger partial charge is 0.383 e. The molecule has 0 saturated heterocycles. The summed E-state index contributed by atoms with van der Waals surface area (Å²) in [6.07, 6.45) is 0. The van der Waals surface area contributed by atoms with E-state index in [2.05, 4.69) is 10.6 Å². The van der Waals surface area contributed by atoms with Gasteiger partial charge in [-0.3, -0.25) is 19.3 Å². The van der Waals surface area contributed by atoms with Gasteiger partial charge < -0.3 is 15.4 Å². The second-order valence-corrected chi connectivity index (χ2v) is 4.63. The van der Waals surface area contributed by atoms with E-state index >= 15 is 0 Å². The van der Waals surface area contributed by atoms with Gasteiger partial charge in [0, 0.05) is 26.4 Å². The third-order valence-electron chi connectivity index (χ3n) is 3.17. The Morgan fingerprint density at radius 1 is 1.24 bits per heavy atom. The SMILES string of the molecule is COCCNC(=O)CNc1ccc2c(c1)C(=O)N(C)C2=O. The first kappa shape index (κ1) is 15.0. The van der Waals surface area contributed by atoms with Gasteiger partial charge in [-0.1, -0.05) is 0 Å². The Morgan fingerprint density at radius 2 is 1.95 bits per heavy atom. The number of nitrogens with one attached hydrogen (secondary N) is 2. The highest BCUT2D eigenvalue weighted by Crippen LogP contribution is 2.24. The molecule has 0 aliphatic carbocycles. The van der Waals surface area contributed by atoms with Crippen LogP contribution in [-0.4, -0.2) is 56.5 Å². The maximum atomic E-state index is 11.9. The fraction of sp³-hybridized carbons (Fsp3) is 0.357. The molecule has 0 unspecified atom stereocenters. The minimum absolute atomic E-state index is 0.0838. The van der Waals surface area contributed by atoms with Crippen LogP contribution >= 0.6 is 0 Å². The van der Waals surface area contributed by atoms with Crippen molar-refractivity contribution in [3.05, 3.63) is 29.3 Å². The van der Waals surface area contributed by atoms with Crippen molar-refractivity contribution in [1.29, 1.82) is 0 Å². The molecule has 1 aliphatic heterocycles. The van der Waals surface area contributed by atoms with Crippen LogP contribution in [0.2, 0.25) is 0 Å². The lowest BCUT2D eigenvalue weighted by Gasteiger charge is -2.08. The van der Waals surface area contributed by atoms with Crippen LogP contribution in [0.1, 0.15) is 20.7 Å². The molecule has 21 heavy (non-hydrogen) atoms. The minimum Gasteiger partial charge on any atom is -0.383 e. The van der Waals surface area contributed by atoms with Gasteiger partial charge in [0.05, 0.1) is 24.3 Å². The lowest BCUT2D eigenvalue weighted by Crippen LogP contribution is -2.32. The number of hydrogen-bond acceptors (Lipinski definition) is 5. The molecule has 1 aromatic rings. The van der Waals surface area contributed by atoms with E-state index in [1.54, 1.807) is 25.3 Å². The zero-order valence-electron chi connectivity index (χ0n) is 11.9. The number of ether oxygens (including phenoxy) is 1. The van der Waals surface area contributed by atoms with E-state index in [0.717, 1.165) is 4.90 Å². The van der Waals surface area contributed by atoms with Gasteiger partial charge in [0.25, 0.3) is 11.8 Å². The molecule has 0 radical (unpaired) electrons. The summed E-state index contributed by atoms with van der Waals surface area (Å²) in [4.78, 5) is 36.2. The molecule has 0 spiro atoms. The fourth-order valence-electron chi connectivity index (χ4n) is 2.01. The van der Waals surface area contributed by atoms with Gasteiger partial charge in [-0.2, -0.15) is 0 Å². The topological polar surface area (TPSA) is 87.7 Å². The van der Waals surface area contributed by atoms with Crippen molar-refractivity contribution in [3.63, 3.8) is 0 Å². The summed E-state index contributed by atoms with van der Waals surface area (Å²) >= 11 is 0. The van der Waals surface area contributed by atoms with Gasteiger partial charge in [-0.25, -0.2) is 0 Å². The van der Waals surface area contributed by atoms with E-state index in [1.807, 2.05) is 0 Å². The van der Waals surface area contributed by atoms with E-state index < -0.39 is 0 Å². The number of imide groups is 1. The maximum absolute atomic E-state index is 11.9. The number of fused-ring (bicyclic) bond motifs is 1. The van der Waals surface area contributed by atoms with E-state index in [0.29, 0.717) is 30.0 Å². The molecule has 2 rings (SSSR count). The molecule has 0 bridgehead atoms. The van der Waals surface area contributed by atoms with Crippen molar-refractivity contribution in [2.75, 3.05) is 39.2 Å². The lowest BCUT2D eigenvalue weighted by atomic mass is 10.1. The highest BCUT2D eigenvalue weighted by molar-refractivity contribution is 6.21. The van der Waals surface area contributed by atoms with Crippen LogP contribution in [0, 0.1) is 0 Å². The van der Waals surface area contributed by atoms with Crippen molar-refractivity contribution in [2.24, 2.45) is 0 Å². The molecular weight excluding hydrogens is 274 g/mol. The Kier molecular flexibility index (Phi) is 4.54. The van der Waals surface area contributed by atoms with Crippen molar-refractivity contribution < 1.29 is 19.1 Å². The van der Waals surface area contributed by atoms with Crippen molar-refractivity contribution in [3.8, 4) is 0 Å². The molecule has 1 aromatic carbocycles. The first-order valence-corrected chi connectivity index (χ1v) is 6.50. The zero-order chi connectivity index (χ0) is 15.4. The van der Waals surface area contributed by atoms with Gasteiger partial charge in [0.15, 0.2) is 0 Å². The number of rotatable bonds is 6. The Morgan fingerprint density at radius 3 is 2.67 bits per heavy atom. The smallest absolute Gasteiger partial charge is 0.261 e. The minimum atomic E-state index is -0.330. The van der Waals surface area contributed by atoms with Gasteiger partial charge in [0.2, 0.25) is 5.91 Å². The molecule has 0 aromatic heterocycles. The average molecular weight is 291 g/mol. The van der Waals surface area contributed by atoms with Gasteiger partial charge >= 0.3 is 0 Å². The fourth-order valence-corrected chi connectivity index (χ4v) is 2.01. The van der Waals surface area contributed by atoms with Crippen LogP contribution in [0.25, 0.3) is 0 Å². The van der Waals surface area contributed by atoms with Gasteiger partial charge in [-0.05, 0) is 18.2 Å². The second kappa shape index (κ2) is 6.36. The van der Waals surface area contributed by atoms with Crippen LogP contribution in [0.15, 0.2) is 18.2 Å². The monoisotopic (exact) mass is 291 g/mol. The summed E-state index contributed by atoms with van der Waals surface area (Å²) in [5.41, 5.74) is 1.36. The number of carbonyl (C=O) groups is 3. The van der Waals surface area contributed by atoms with Crippen LogP contribution in [-0.2, 0) is 9.53 Å². The van der Waals surface area contributed by atoms with E-state index in [-0.39, 0.29) is 24.3 Å². The van der Waals surface area contributed by atoms with E-state index in [9.17, 15) is 14.4 Å². The molecule has 0 atom stereocenters. The zero-order valence-corrected chi connectivity index (χ0v) is 11.9. The van der Waals surface area contributed by atoms with Gasteiger partial charge in [-0.15, -0.1) is 0 Å².